The molecular formula is C27H34N8O5. The second-order valence-electron chi connectivity index (χ2n) is 9.78. The Morgan fingerprint density at radius 2 is 1.80 bits per heavy atom. The van der Waals surface area contributed by atoms with Gasteiger partial charge in [-0.05, 0) is 18.6 Å². The van der Waals surface area contributed by atoms with Crippen molar-refractivity contribution in [2.45, 2.75) is 13.0 Å². The zero-order valence-electron chi connectivity index (χ0n) is 22.7. The Hall–Kier alpha value is -3.81. The molecular weight excluding hydrogens is 516 g/mol. The number of amides is 1. The number of anilines is 2. The van der Waals surface area contributed by atoms with Crippen molar-refractivity contribution in [2.24, 2.45) is 4.99 Å². The van der Waals surface area contributed by atoms with E-state index >= 15 is 0 Å². The van der Waals surface area contributed by atoms with Crippen molar-refractivity contribution >= 4 is 28.6 Å². The van der Waals surface area contributed by atoms with Gasteiger partial charge in [-0.1, -0.05) is 0 Å². The monoisotopic (exact) mass is 550 g/mol. The summed E-state index contributed by atoms with van der Waals surface area (Å²) in [4.78, 5) is 35.5. The summed E-state index contributed by atoms with van der Waals surface area (Å²) >= 11 is 0. The quantitative estimate of drug-likeness (QED) is 0.403. The van der Waals surface area contributed by atoms with Crippen LogP contribution in [-0.2, 0) is 16.0 Å². The highest BCUT2D eigenvalue weighted by Crippen LogP contribution is 2.37. The lowest BCUT2D eigenvalue weighted by Gasteiger charge is -2.26. The number of benzene rings is 1. The molecule has 40 heavy (non-hydrogen) atoms. The number of carbonyl (C=O) groups excluding carboxylic acids is 1. The molecule has 13 heteroatoms. The average molecular weight is 551 g/mol. The molecule has 1 aromatic carbocycles. The van der Waals surface area contributed by atoms with Crippen LogP contribution in [0.1, 0.15) is 16.8 Å². The number of hydrogen-bond acceptors (Lipinski definition) is 11. The maximum absolute atomic E-state index is 13.1. The Bertz CT molecular complexity index is 1420. The third kappa shape index (κ3) is 5.58. The van der Waals surface area contributed by atoms with E-state index in [0.717, 1.165) is 63.6 Å². The van der Waals surface area contributed by atoms with E-state index in [0.29, 0.717) is 61.4 Å². The van der Waals surface area contributed by atoms with Crippen LogP contribution in [0.5, 0.6) is 11.5 Å². The smallest absolute Gasteiger partial charge is 0.283 e. The van der Waals surface area contributed by atoms with Crippen LogP contribution >= 0.6 is 0 Å². The molecule has 1 N–H and O–H groups in total. The lowest BCUT2D eigenvalue weighted by Crippen LogP contribution is -2.37. The number of hydrogen-bond donors (Lipinski definition) is 1. The van der Waals surface area contributed by atoms with Crippen molar-refractivity contribution in [3.05, 3.63) is 35.7 Å². The fourth-order valence-corrected chi connectivity index (χ4v) is 5.15. The van der Waals surface area contributed by atoms with Crippen LogP contribution in [0, 0.1) is 0 Å². The molecule has 2 saturated heterocycles. The van der Waals surface area contributed by atoms with Gasteiger partial charge in [0, 0.05) is 63.6 Å². The molecule has 3 aliphatic rings. The predicted molar refractivity (Wildman–Crippen MR) is 147 cm³/mol. The molecule has 0 bridgehead atoms. The number of nitrogens with zero attached hydrogens (tertiary/aromatic N) is 7. The van der Waals surface area contributed by atoms with Crippen molar-refractivity contribution in [1.29, 1.82) is 0 Å². The molecule has 5 heterocycles. The molecule has 0 radical (unpaired) electrons. The lowest BCUT2D eigenvalue weighted by molar-refractivity contribution is 0.0357. The van der Waals surface area contributed by atoms with E-state index in [9.17, 15) is 4.79 Å². The van der Waals surface area contributed by atoms with E-state index in [4.69, 9.17) is 23.9 Å². The number of ether oxygens (including phenoxy) is 4. The number of aromatic nitrogens is 4. The van der Waals surface area contributed by atoms with Gasteiger partial charge >= 0.3 is 0 Å². The number of rotatable bonds is 8. The minimum atomic E-state index is -0.462. The Kier molecular flexibility index (Phi) is 8.02. The molecule has 1 amide bonds. The van der Waals surface area contributed by atoms with Crippen LogP contribution in [0.4, 0.5) is 11.8 Å². The SMILES string of the molecule is COc1c(OCCCN2CCOCC2)ccc2c3n(c(=NC(=O)c4cnc(N5CCOCC5)nc4)nc12)CCN3. The van der Waals surface area contributed by atoms with Gasteiger partial charge in [0.15, 0.2) is 11.5 Å². The summed E-state index contributed by atoms with van der Waals surface area (Å²) in [5, 5.41) is 4.27. The number of carbonyl (C=O) groups is 1. The Labute approximate surface area is 231 Å². The molecule has 0 unspecified atom stereocenters. The first-order chi connectivity index (χ1) is 19.7. The van der Waals surface area contributed by atoms with Crippen LogP contribution in [0.2, 0.25) is 0 Å². The molecule has 3 aromatic rings. The second-order valence-corrected chi connectivity index (χ2v) is 9.78. The highest BCUT2D eigenvalue weighted by atomic mass is 16.5. The molecule has 3 aliphatic heterocycles. The molecule has 0 atom stereocenters. The van der Waals surface area contributed by atoms with Crippen LogP contribution in [0.25, 0.3) is 10.9 Å². The van der Waals surface area contributed by atoms with Crippen molar-refractivity contribution < 1.29 is 23.7 Å². The zero-order chi connectivity index (χ0) is 27.3. The number of methoxy groups -OCH3 is 1. The van der Waals surface area contributed by atoms with Gasteiger partial charge in [-0.25, -0.2) is 15.0 Å². The Balaban J connectivity index is 1.25. The summed E-state index contributed by atoms with van der Waals surface area (Å²) in [6.45, 7) is 9.02. The minimum Gasteiger partial charge on any atom is -0.491 e. The molecule has 212 valence electrons. The largest absolute Gasteiger partial charge is 0.491 e. The van der Waals surface area contributed by atoms with Gasteiger partial charge in [-0.3, -0.25) is 14.3 Å². The summed E-state index contributed by atoms with van der Waals surface area (Å²) in [7, 11) is 1.60. The summed E-state index contributed by atoms with van der Waals surface area (Å²) in [6.07, 6.45) is 3.91. The van der Waals surface area contributed by atoms with Gasteiger partial charge in [0.1, 0.15) is 11.3 Å². The molecule has 13 nitrogen and oxygen atoms in total. The van der Waals surface area contributed by atoms with Gasteiger partial charge < -0.3 is 29.2 Å². The normalized spacial score (nSPS) is 18.0. The predicted octanol–water partition coefficient (Wildman–Crippen LogP) is 0.939. The topological polar surface area (TPSA) is 128 Å². The summed E-state index contributed by atoms with van der Waals surface area (Å²) in [6, 6.07) is 3.88. The van der Waals surface area contributed by atoms with E-state index in [-0.39, 0.29) is 5.62 Å². The Morgan fingerprint density at radius 3 is 2.55 bits per heavy atom. The summed E-state index contributed by atoms with van der Waals surface area (Å²) in [5.41, 5.74) is 1.17. The highest BCUT2D eigenvalue weighted by molar-refractivity contribution is 5.96. The third-order valence-electron chi connectivity index (χ3n) is 7.27. The first kappa shape index (κ1) is 26.4. The molecule has 6 rings (SSSR count). The number of morpholine rings is 2. The van der Waals surface area contributed by atoms with Gasteiger partial charge in [0.25, 0.3) is 5.91 Å². The van der Waals surface area contributed by atoms with E-state index in [2.05, 4.69) is 25.2 Å². The second kappa shape index (κ2) is 12.1. The van der Waals surface area contributed by atoms with Crippen LogP contribution in [0.3, 0.4) is 0 Å². The maximum atomic E-state index is 13.1. The van der Waals surface area contributed by atoms with E-state index in [1.54, 1.807) is 7.11 Å². The van der Waals surface area contributed by atoms with Gasteiger partial charge in [-0.2, -0.15) is 4.99 Å². The molecule has 0 saturated carbocycles. The summed E-state index contributed by atoms with van der Waals surface area (Å²) < 4.78 is 24.6. The van der Waals surface area contributed by atoms with Crippen LogP contribution in [0.15, 0.2) is 29.5 Å². The fraction of sp³-hybridized carbons (Fsp3) is 0.519. The van der Waals surface area contributed by atoms with Crippen molar-refractivity contribution in [3.8, 4) is 11.5 Å². The van der Waals surface area contributed by atoms with Gasteiger partial charge in [0.2, 0.25) is 11.6 Å². The van der Waals surface area contributed by atoms with Crippen molar-refractivity contribution in [3.63, 3.8) is 0 Å². The van der Waals surface area contributed by atoms with E-state index < -0.39 is 5.91 Å². The summed E-state index contributed by atoms with van der Waals surface area (Å²) in [5.74, 6) is 2.08. The van der Waals surface area contributed by atoms with Gasteiger partial charge in [-0.15, -0.1) is 0 Å². The van der Waals surface area contributed by atoms with E-state index in [1.807, 2.05) is 21.6 Å². The first-order valence-corrected chi connectivity index (χ1v) is 13.7. The zero-order valence-corrected chi connectivity index (χ0v) is 22.7. The minimum absolute atomic E-state index is 0.289. The first-order valence-electron chi connectivity index (χ1n) is 13.7. The average Bonchev–Trinajstić information content (AvgIpc) is 3.51. The third-order valence-corrected chi connectivity index (χ3v) is 7.27. The number of nitrogens with one attached hydrogen (secondary N) is 1. The van der Waals surface area contributed by atoms with E-state index in [1.165, 1.54) is 12.4 Å². The number of fused-ring (bicyclic) bond motifs is 3. The maximum Gasteiger partial charge on any atom is 0.283 e. The lowest BCUT2D eigenvalue weighted by atomic mass is 10.2. The van der Waals surface area contributed by atoms with Crippen molar-refractivity contribution in [2.75, 3.05) is 89.6 Å². The van der Waals surface area contributed by atoms with Crippen LogP contribution < -0.4 is 25.3 Å². The molecule has 0 aliphatic carbocycles. The van der Waals surface area contributed by atoms with Gasteiger partial charge in [0.05, 0.1) is 45.7 Å². The molecule has 2 fully saturated rings. The van der Waals surface area contributed by atoms with Crippen molar-refractivity contribution in [1.82, 2.24) is 24.4 Å². The highest BCUT2D eigenvalue weighted by Gasteiger charge is 2.21. The Morgan fingerprint density at radius 1 is 1.05 bits per heavy atom. The standard InChI is InChI=1S/C27H34N8O5/c1-37-23-21(40-12-2-6-33-8-13-38-14-9-33)4-3-20-22(23)31-27(35-7-5-28-24(20)35)32-25(36)19-17-29-26(30-18-19)34-10-15-39-16-11-34/h3-4,17-18,28H,2,5-16H2,1H3. The van der Waals surface area contributed by atoms with Crippen LogP contribution in [-0.4, -0.2) is 110 Å². The fourth-order valence-electron chi connectivity index (χ4n) is 5.15. The molecule has 2 aromatic heterocycles. The molecule has 0 spiro atoms.